The van der Waals surface area contributed by atoms with E-state index in [0.29, 0.717) is 5.82 Å². The minimum Gasteiger partial charge on any atom is -0.357 e. The molecule has 10 heteroatoms. The van der Waals surface area contributed by atoms with E-state index in [4.69, 9.17) is 12.2 Å². The highest BCUT2D eigenvalue weighted by molar-refractivity contribution is 7.71. The minimum atomic E-state index is -1.21. The average Bonchev–Trinajstić information content (AvgIpc) is 3.08. The lowest BCUT2D eigenvalue weighted by Crippen LogP contribution is -2.40. The van der Waals surface area contributed by atoms with Gasteiger partial charge >= 0.3 is 0 Å². The summed E-state index contributed by atoms with van der Waals surface area (Å²) in [6.45, 7) is 1.70. The number of hydrogen-bond acceptors (Lipinski definition) is 4. The van der Waals surface area contributed by atoms with Gasteiger partial charge in [-0.25, -0.2) is 8.78 Å². The van der Waals surface area contributed by atoms with Crippen molar-refractivity contribution in [3.05, 3.63) is 70.0 Å². The topological polar surface area (TPSA) is 91.8 Å². The number of aromatic nitrogens is 3. The first kappa shape index (κ1) is 21.3. The molecule has 3 rings (SSSR count). The number of H-pyrrole nitrogens is 1. The van der Waals surface area contributed by atoms with Crippen molar-refractivity contribution >= 4 is 24.0 Å². The molecule has 2 aromatic carbocycles. The van der Waals surface area contributed by atoms with Crippen LogP contribution in [0.15, 0.2) is 42.5 Å². The van der Waals surface area contributed by atoms with Crippen LogP contribution in [0.2, 0.25) is 0 Å². The third kappa shape index (κ3) is 4.60. The van der Waals surface area contributed by atoms with Gasteiger partial charge < -0.3 is 10.6 Å². The van der Waals surface area contributed by atoms with Crippen LogP contribution in [0.1, 0.15) is 17.2 Å². The van der Waals surface area contributed by atoms with Gasteiger partial charge in [-0.15, -0.1) is 0 Å². The van der Waals surface area contributed by atoms with E-state index in [-0.39, 0.29) is 16.9 Å². The first-order valence-electron chi connectivity index (χ1n) is 8.98. The normalized spacial score (nSPS) is 11.7. The predicted octanol–water partition coefficient (Wildman–Crippen LogP) is 2.80. The molecule has 0 aliphatic carbocycles. The van der Waals surface area contributed by atoms with E-state index in [9.17, 15) is 18.4 Å². The third-order valence-electron chi connectivity index (χ3n) is 4.43. The maximum absolute atomic E-state index is 13.6. The Balaban J connectivity index is 1.86. The predicted molar refractivity (Wildman–Crippen MR) is 109 cm³/mol. The largest absolute Gasteiger partial charge is 0.357 e. The zero-order chi connectivity index (χ0) is 21.8. The van der Waals surface area contributed by atoms with Crippen LogP contribution in [0.5, 0.6) is 0 Å². The maximum atomic E-state index is 13.6. The average molecular weight is 431 g/mol. The van der Waals surface area contributed by atoms with Crippen LogP contribution >= 0.6 is 12.2 Å². The van der Waals surface area contributed by atoms with Crippen molar-refractivity contribution in [2.45, 2.75) is 19.5 Å². The smallest absolute Gasteiger partial charge is 0.246 e. The second kappa shape index (κ2) is 8.95. The van der Waals surface area contributed by atoms with Crippen LogP contribution in [-0.4, -0.2) is 33.6 Å². The molecule has 0 saturated carbocycles. The van der Waals surface area contributed by atoms with E-state index in [1.54, 1.807) is 0 Å². The molecule has 0 fully saturated rings. The Morgan fingerprint density at radius 3 is 2.63 bits per heavy atom. The lowest BCUT2D eigenvalue weighted by Gasteiger charge is -2.18. The number of rotatable bonds is 6. The van der Waals surface area contributed by atoms with Gasteiger partial charge in [-0.1, -0.05) is 29.8 Å². The lowest BCUT2D eigenvalue weighted by atomic mass is 10.1. The maximum Gasteiger partial charge on any atom is 0.246 e. The minimum absolute atomic E-state index is 0.108. The van der Waals surface area contributed by atoms with E-state index in [0.717, 1.165) is 23.3 Å². The second-order valence-corrected chi connectivity index (χ2v) is 6.98. The fourth-order valence-electron chi connectivity index (χ4n) is 2.96. The first-order chi connectivity index (χ1) is 14.3. The molecule has 3 aromatic rings. The number of nitrogens with zero attached hydrogens (tertiary/aromatic N) is 2. The molecule has 1 aromatic heterocycles. The van der Waals surface area contributed by atoms with E-state index < -0.39 is 29.5 Å². The van der Waals surface area contributed by atoms with E-state index in [1.165, 1.54) is 17.7 Å². The lowest BCUT2D eigenvalue weighted by molar-refractivity contribution is -0.129. The number of hydrogen-bond donors (Lipinski definition) is 3. The van der Waals surface area contributed by atoms with E-state index in [2.05, 4.69) is 20.8 Å². The summed E-state index contributed by atoms with van der Waals surface area (Å²) in [7, 11) is 1.38. The van der Waals surface area contributed by atoms with Crippen LogP contribution in [0.3, 0.4) is 0 Å². The van der Waals surface area contributed by atoms with Gasteiger partial charge in [0.25, 0.3) is 0 Å². The molecule has 7 nitrogen and oxygen atoms in total. The summed E-state index contributed by atoms with van der Waals surface area (Å²) in [5, 5.41) is 11.8. The quantitative estimate of drug-likeness (QED) is 0.524. The van der Waals surface area contributed by atoms with Crippen molar-refractivity contribution in [3.8, 4) is 11.4 Å². The molecule has 0 bridgehead atoms. The van der Waals surface area contributed by atoms with Gasteiger partial charge in [0.05, 0.1) is 0 Å². The van der Waals surface area contributed by atoms with Crippen LogP contribution in [-0.2, 0) is 16.1 Å². The molecular formula is C20H19F2N5O2S. The standard InChI is InChI=1S/C20H19F2N5O2S/c1-11-4-3-5-13(8-11)18-25-26-20(30)27(18)10-16(28)24-17(19(29)23-2)12-6-7-14(21)15(22)9-12/h3-9,17H,10H2,1-2H3,(H,23,29)(H,24,28)(H,26,30). The zero-order valence-electron chi connectivity index (χ0n) is 16.2. The number of amides is 2. The Kier molecular flexibility index (Phi) is 6.36. The first-order valence-corrected chi connectivity index (χ1v) is 9.39. The summed E-state index contributed by atoms with van der Waals surface area (Å²) in [5.41, 5.74) is 1.88. The van der Waals surface area contributed by atoms with E-state index >= 15 is 0 Å². The third-order valence-corrected chi connectivity index (χ3v) is 4.74. The van der Waals surface area contributed by atoms with Crippen molar-refractivity contribution in [1.82, 2.24) is 25.4 Å². The number of halogens is 2. The van der Waals surface area contributed by atoms with E-state index in [1.807, 2.05) is 31.2 Å². The summed E-state index contributed by atoms with van der Waals surface area (Å²) in [4.78, 5) is 25.0. The summed E-state index contributed by atoms with van der Waals surface area (Å²) in [6, 6.07) is 9.32. The van der Waals surface area contributed by atoms with Crippen molar-refractivity contribution in [2.75, 3.05) is 7.05 Å². The highest BCUT2D eigenvalue weighted by atomic mass is 32.1. The summed E-state index contributed by atoms with van der Waals surface area (Å²) in [6.07, 6.45) is 0. The van der Waals surface area contributed by atoms with Gasteiger partial charge in [0.15, 0.2) is 22.2 Å². The SMILES string of the molecule is CNC(=O)C(NC(=O)Cn1c(-c2cccc(C)c2)n[nH]c1=S)c1ccc(F)c(F)c1. The number of carbonyl (C=O) groups excluding carboxylic acids is 2. The number of aryl methyl sites for hydroxylation is 1. The highest BCUT2D eigenvalue weighted by Gasteiger charge is 2.24. The molecule has 1 unspecified atom stereocenters. The Morgan fingerprint density at radius 2 is 1.97 bits per heavy atom. The Hall–Kier alpha value is -3.40. The van der Waals surface area contributed by atoms with Crippen molar-refractivity contribution in [2.24, 2.45) is 0 Å². The van der Waals surface area contributed by atoms with Crippen molar-refractivity contribution in [3.63, 3.8) is 0 Å². The molecule has 3 N–H and O–H groups in total. The highest BCUT2D eigenvalue weighted by Crippen LogP contribution is 2.20. The monoisotopic (exact) mass is 431 g/mol. The van der Waals surface area contributed by atoms with Gasteiger partial charge in [-0.05, 0) is 42.9 Å². The molecule has 0 aliphatic heterocycles. The molecular weight excluding hydrogens is 412 g/mol. The van der Waals surface area contributed by atoms with Gasteiger partial charge in [0.1, 0.15) is 12.6 Å². The number of aromatic amines is 1. The molecule has 0 radical (unpaired) electrons. The second-order valence-electron chi connectivity index (χ2n) is 6.60. The van der Waals surface area contributed by atoms with Gasteiger partial charge in [-0.3, -0.25) is 19.3 Å². The van der Waals surface area contributed by atoms with Crippen LogP contribution in [0.25, 0.3) is 11.4 Å². The molecule has 156 valence electrons. The Bertz CT molecular complexity index is 1160. The van der Waals surface area contributed by atoms with Gasteiger partial charge in [0.2, 0.25) is 11.8 Å². The molecule has 2 amide bonds. The fourth-order valence-corrected chi connectivity index (χ4v) is 3.15. The van der Waals surface area contributed by atoms with Crippen LogP contribution in [0.4, 0.5) is 8.78 Å². The van der Waals surface area contributed by atoms with Crippen molar-refractivity contribution in [1.29, 1.82) is 0 Å². The fraction of sp³-hybridized carbons (Fsp3) is 0.200. The summed E-state index contributed by atoms with van der Waals surface area (Å²) < 4.78 is 28.6. The Morgan fingerprint density at radius 1 is 1.20 bits per heavy atom. The van der Waals surface area contributed by atoms with Gasteiger partial charge in [0, 0.05) is 12.6 Å². The molecule has 30 heavy (non-hydrogen) atoms. The molecule has 0 aliphatic rings. The number of nitrogens with one attached hydrogen (secondary N) is 3. The Labute approximate surface area is 176 Å². The molecule has 0 saturated heterocycles. The molecule has 1 heterocycles. The summed E-state index contributed by atoms with van der Waals surface area (Å²) in [5.74, 6) is -2.84. The molecule has 1 atom stereocenters. The molecule has 0 spiro atoms. The van der Waals surface area contributed by atoms with Crippen molar-refractivity contribution < 1.29 is 18.4 Å². The van der Waals surface area contributed by atoms with Gasteiger partial charge in [-0.2, -0.15) is 5.10 Å². The van der Waals surface area contributed by atoms with Crippen LogP contribution < -0.4 is 10.6 Å². The number of benzene rings is 2. The van der Waals surface area contributed by atoms with Crippen LogP contribution in [0, 0.1) is 23.3 Å². The summed E-state index contributed by atoms with van der Waals surface area (Å²) >= 11 is 5.23. The number of likely N-dealkylation sites (N-methyl/N-ethyl adjacent to an activating group) is 1. The number of carbonyl (C=O) groups is 2. The zero-order valence-corrected chi connectivity index (χ0v) is 17.0.